The molecular weight excluding hydrogens is 413 g/mol. The van der Waals surface area contributed by atoms with Crippen LogP contribution in [-0.2, 0) is 6.54 Å². The molecule has 0 saturated carbocycles. The Hall–Kier alpha value is -0.730. The number of aliphatic imine (C=N–C) groups is 1. The Kier molecular flexibility index (Phi) is 9.53. The topological polar surface area (TPSA) is 36.4 Å². The molecule has 1 aromatic heterocycles. The normalized spacial score (nSPS) is 10.8. The molecule has 1 aromatic carbocycles. The smallest absolute Gasteiger partial charge is 0.191 e. The predicted molar refractivity (Wildman–Crippen MR) is 105 cm³/mol. The van der Waals surface area contributed by atoms with Gasteiger partial charge in [-0.25, -0.2) is 0 Å². The van der Waals surface area contributed by atoms with Gasteiger partial charge in [-0.15, -0.1) is 35.7 Å². The molecule has 1 heterocycles. The molecule has 0 saturated heterocycles. The number of thioether (sulfide) groups is 1. The molecule has 114 valence electrons. The van der Waals surface area contributed by atoms with E-state index in [2.05, 4.69) is 56.7 Å². The van der Waals surface area contributed by atoms with Gasteiger partial charge in [-0.3, -0.25) is 4.99 Å². The first kappa shape index (κ1) is 18.3. The Bertz CT molecular complexity index is 515. The van der Waals surface area contributed by atoms with Gasteiger partial charge >= 0.3 is 0 Å². The zero-order valence-electron chi connectivity index (χ0n) is 11.9. The van der Waals surface area contributed by atoms with E-state index in [9.17, 15) is 0 Å². The third-order valence-corrected chi connectivity index (χ3v) is 4.42. The number of nitrogens with one attached hydrogen (secondary N) is 2. The Morgan fingerprint density at radius 3 is 2.67 bits per heavy atom. The van der Waals surface area contributed by atoms with Crippen molar-refractivity contribution < 1.29 is 0 Å². The van der Waals surface area contributed by atoms with Gasteiger partial charge in [0.05, 0.1) is 0 Å². The molecule has 0 bridgehead atoms. The van der Waals surface area contributed by atoms with Crippen molar-refractivity contribution in [2.45, 2.75) is 11.4 Å². The van der Waals surface area contributed by atoms with Gasteiger partial charge < -0.3 is 10.6 Å². The van der Waals surface area contributed by atoms with E-state index in [-0.39, 0.29) is 24.0 Å². The first-order valence-corrected chi connectivity index (χ1v) is 8.45. The molecule has 2 rings (SSSR count). The Morgan fingerprint density at radius 1 is 1.19 bits per heavy atom. The van der Waals surface area contributed by atoms with Gasteiger partial charge in [-0.2, -0.15) is 11.3 Å². The lowest BCUT2D eigenvalue weighted by Crippen LogP contribution is -2.37. The number of benzene rings is 1. The Morgan fingerprint density at radius 2 is 2.00 bits per heavy atom. The van der Waals surface area contributed by atoms with Gasteiger partial charge in [0.25, 0.3) is 0 Å². The van der Waals surface area contributed by atoms with E-state index in [4.69, 9.17) is 0 Å². The fourth-order valence-electron chi connectivity index (χ4n) is 1.65. The van der Waals surface area contributed by atoms with Crippen LogP contribution in [0.1, 0.15) is 5.56 Å². The van der Waals surface area contributed by atoms with Crippen molar-refractivity contribution in [1.29, 1.82) is 0 Å². The van der Waals surface area contributed by atoms with Crippen LogP contribution < -0.4 is 10.6 Å². The van der Waals surface area contributed by atoms with E-state index in [1.807, 2.05) is 17.8 Å². The molecular formula is C15H20IN3S2. The number of rotatable bonds is 6. The SMILES string of the molecule is CN=C(NCCSc1ccccc1)NCc1ccsc1.I. The maximum atomic E-state index is 4.22. The largest absolute Gasteiger partial charge is 0.356 e. The van der Waals surface area contributed by atoms with Crippen LogP contribution in [-0.4, -0.2) is 25.3 Å². The van der Waals surface area contributed by atoms with Crippen molar-refractivity contribution in [3.63, 3.8) is 0 Å². The van der Waals surface area contributed by atoms with Crippen LogP contribution in [0.4, 0.5) is 0 Å². The van der Waals surface area contributed by atoms with E-state index >= 15 is 0 Å². The summed E-state index contributed by atoms with van der Waals surface area (Å²) in [5.41, 5.74) is 1.29. The first-order valence-electron chi connectivity index (χ1n) is 6.52. The molecule has 0 aliphatic heterocycles. The van der Waals surface area contributed by atoms with E-state index < -0.39 is 0 Å². The molecule has 0 spiro atoms. The Labute approximate surface area is 151 Å². The van der Waals surface area contributed by atoms with E-state index in [1.54, 1.807) is 18.4 Å². The predicted octanol–water partition coefficient (Wildman–Crippen LogP) is 3.82. The van der Waals surface area contributed by atoms with Crippen molar-refractivity contribution in [2.24, 2.45) is 4.99 Å². The number of guanidine groups is 1. The second kappa shape index (κ2) is 10.9. The van der Waals surface area contributed by atoms with Gasteiger partial charge in [-0.05, 0) is 34.5 Å². The molecule has 0 unspecified atom stereocenters. The fraction of sp³-hybridized carbons (Fsp3) is 0.267. The molecule has 6 heteroatoms. The van der Waals surface area contributed by atoms with Gasteiger partial charge in [0.1, 0.15) is 0 Å². The van der Waals surface area contributed by atoms with Crippen LogP contribution in [0.3, 0.4) is 0 Å². The van der Waals surface area contributed by atoms with Crippen LogP contribution >= 0.6 is 47.1 Å². The second-order valence-corrected chi connectivity index (χ2v) is 6.09. The van der Waals surface area contributed by atoms with Crippen molar-refractivity contribution in [3.05, 3.63) is 52.7 Å². The summed E-state index contributed by atoms with van der Waals surface area (Å²) in [6.45, 7) is 1.71. The van der Waals surface area contributed by atoms with Crippen LogP contribution in [0.2, 0.25) is 0 Å². The van der Waals surface area contributed by atoms with Crippen molar-refractivity contribution >= 4 is 53.0 Å². The lowest BCUT2D eigenvalue weighted by atomic mass is 10.3. The summed E-state index contributed by atoms with van der Waals surface area (Å²) in [7, 11) is 1.80. The van der Waals surface area contributed by atoms with Gasteiger partial charge in [0.2, 0.25) is 0 Å². The van der Waals surface area contributed by atoms with Crippen LogP contribution in [0.15, 0.2) is 57.0 Å². The van der Waals surface area contributed by atoms with E-state index in [1.165, 1.54) is 10.5 Å². The van der Waals surface area contributed by atoms with Crippen molar-refractivity contribution in [1.82, 2.24) is 10.6 Å². The molecule has 21 heavy (non-hydrogen) atoms. The summed E-state index contributed by atoms with van der Waals surface area (Å²) in [5, 5.41) is 10.9. The van der Waals surface area contributed by atoms with Crippen molar-refractivity contribution in [2.75, 3.05) is 19.3 Å². The number of hydrogen-bond donors (Lipinski definition) is 2. The van der Waals surface area contributed by atoms with Gasteiger partial charge in [0, 0.05) is 30.8 Å². The first-order chi connectivity index (χ1) is 9.88. The summed E-state index contributed by atoms with van der Waals surface area (Å²) in [5.74, 6) is 1.87. The third kappa shape index (κ3) is 7.19. The monoisotopic (exact) mass is 433 g/mol. The second-order valence-electron chi connectivity index (χ2n) is 4.15. The highest BCUT2D eigenvalue weighted by Gasteiger charge is 1.98. The highest BCUT2D eigenvalue weighted by atomic mass is 127. The highest BCUT2D eigenvalue weighted by Crippen LogP contribution is 2.15. The minimum absolute atomic E-state index is 0. The quantitative estimate of drug-likeness (QED) is 0.239. The van der Waals surface area contributed by atoms with Crippen LogP contribution in [0.25, 0.3) is 0 Å². The lowest BCUT2D eigenvalue weighted by Gasteiger charge is -2.11. The molecule has 0 aliphatic rings. The summed E-state index contributed by atoms with van der Waals surface area (Å²) < 4.78 is 0. The molecule has 0 radical (unpaired) electrons. The molecule has 0 fully saturated rings. The van der Waals surface area contributed by atoms with Crippen molar-refractivity contribution in [3.8, 4) is 0 Å². The highest BCUT2D eigenvalue weighted by molar-refractivity contribution is 14.0. The molecule has 0 amide bonds. The third-order valence-electron chi connectivity index (χ3n) is 2.67. The number of halogens is 1. The standard InChI is InChI=1S/C15H19N3S2.HI/c1-16-15(18-11-13-7-9-19-12-13)17-8-10-20-14-5-3-2-4-6-14;/h2-7,9,12H,8,10-11H2,1H3,(H2,16,17,18);1H. The number of hydrogen-bond acceptors (Lipinski definition) is 3. The minimum Gasteiger partial charge on any atom is -0.356 e. The van der Waals surface area contributed by atoms with E-state index in [0.717, 1.165) is 24.8 Å². The molecule has 0 atom stereocenters. The summed E-state index contributed by atoms with van der Waals surface area (Å²) >= 11 is 3.56. The molecule has 2 aromatic rings. The number of nitrogens with zero attached hydrogens (tertiary/aromatic N) is 1. The zero-order chi connectivity index (χ0) is 14.0. The summed E-state index contributed by atoms with van der Waals surface area (Å²) in [6.07, 6.45) is 0. The number of thiophene rings is 1. The molecule has 0 aliphatic carbocycles. The lowest BCUT2D eigenvalue weighted by molar-refractivity contribution is 0.835. The maximum Gasteiger partial charge on any atom is 0.191 e. The maximum absolute atomic E-state index is 4.22. The van der Waals surface area contributed by atoms with E-state index in [0.29, 0.717) is 0 Å². The van der Waals surface area contributed by atoms with Gasteiger partial charge in [0.15, 0.2) is 5.96 Å². The summed E-state index contributed by atoms with van der Waals surface area (Å²) in [4.78, 5) is 5.52. The zero-order valence-corrected chi connectivity index (χ0v) is 15.9. The fourth-order valence-corrected chi connectivity index (χ4v) is 3.11. The van der Waals surface area contributed by atoms with Gasteiger partial charge in [-0.1, -0.05) is 18.2 Å². The average molecular weight is 433 g/mol. The average Bonchev–Trinajstić information content (AvgIpc) is 3.01. The molecule has 2 N–H and O–H groups in total. The minimum atomic E-state index is 0. The molecule has 3 nitrogen and oxygen atoms in total. The van der Waals surface area contributed by atoms with Crippen LogP contribution in [0, 0.1) is 0 Å². The summed E-state index contributed by atoms with van der Waals surface area (Å²) in [6, 6.07) is 12.6. The Balaban J connectivity index is 0.00000220. The van der Waals surface area contributed by atoms with Crippen LogP contribution in [0.5, 0.6) is 0 Å².